The molecule has 38 heavy (non-hydrogen) atoms. The summed E-state index contributed by atoms with van der Waals surface area (Å²) in [5.74, 6) is -0.398. The van der Waals surface area contributed by atoms with Crippen LogP contribution in [0.3, 0.4) is 0 Å². The predicted octanol–water partition coefficient (Wildman–Crippen LogP) is 4.57. The molecule has 13 heteroatoms. The molecule has 2 aromatic carbocycles. The quantitative estimate of drug-likeness (QED) is 0.314. The Morgan fingerprint density at radius 2 is 1.84 bits per heavy atom. The van der Waals surface area contributed by atoms with Crippen molar-refractivity contribution in [3.05, 3.63) is 56.8 Å². The van der Waals surface area contributed by atoms with Gasteiger partial charge in [-0.05, 0) is 49.2 Å². The van der Waals surface area contributed by atoms with Crippen LogP contribution >= 0.6 is 35.0 Å². The fraction of sp³-hybridized carbons (Fsp3) is 0.400. The van der Waals surface area contributed by atoms with Gasteiger partial charge in [0.15, 0.2) is 5.16 Å². The van der Waals surface area contributed by atoms with E-state index in [4.69, 9.17) is 27.9 Å². The molecular weight excluding hydrogens is 571 g/mol. The summed E-state index contributed by atoms with van der Waals surface area (Å²) in [5, 5.41) is 4.24. The molecule has 1 saturated carbocycles. The van der Waals surface area contributed by atoms with E-state index in [1.807, 2.05) is 0 Å². The smallest absolute Gasteiger partial charge is 0.262 e. The lowest BCUT2D eigenvalue weighted by Crippen LogP contribution is -2.40. The van der Waals surface area contributed by atoms with Gasteiger partial charge in [-0.3, -0.25) is 14.2 Å². The van der Waals surface area contributed by atoms with Crippen LogP contribution in [0.1, 0.15) is 31.7 Å². The summed E-state index contributed by atoms with van der Waals surface area (Å²) in [4.78, 5) is 30.9. The van der Waals surface area contributed by atoms with Crippen LogP contribution in [0.2, 0.25) is 10.0 Å². The van der Waals surface area contributed by atoms with Gasteiger partial charge in [-0.25, -0.2) is 13.4 Å². The fourth-order valence-electron chi connectivity index (χ4n) is 4.77. The molecule has 9 nitrogen and oxygen atoms in total. The largest absolute Gasteiger partial charge is 0.379 e. The van der Waals surface area contributed by atoms with Crippen LogP contribution in [0.5, 0.6) is 0 Å². The number of morpholine rings is 1. The SMILES string of the molecule is O=C(CSc1nc2cc(Cl)ccc2c(=O)n1C1CCCC1)Nc1ccc(Cl)c(S(=O)(=O)N2CCOCC2)c1. The summed E-state index contributed by atoms with van der Waals surface area (Å²) in [6.07, 6.45) is 3.83. The second-order valence-corrected chi connectivity index (χ2v) is 12.9. The van der Waals surface area contributed by atoms with Crippen molar-refractivity contribution >= 4 is 67.5 Å². The van der Waals surface area contributed by atoms with Crippen molar-refractivity contribution < 1.29 is 17.9 Å². The number of benzene rings is 2. The highest BCUT2D eigenvalue weighted by Gasteiger charge is 2.29. The summed E-state index contributed by atoms with van der Waals surface area (Å²) >= 11 is 13.5. The Bertz CT molecular complexity index is 1530. The third-order valence-corrected chi connectivity index (χ3v) is 10.2. The van der Waals surface area contributed by atoms with E-state index in [1.165, 1.54) is 16.4 Å². The van der Waals surface area contributed by atoms with E-state index < -0.39 is 10.0 Å². The van der Waals surface area contributed by atoms with E-state index in [2.05, 4.69) is 10.3 Å². The van der Waals surface area contributed by atoms with Gasteiger partial charge in [-0.2, -0.15) is 4.31 Å². The van der Waals surface area contributed by atoms with Crippen molar-refractivity contribution in [1.29, 1.82) is 0 Å². The lowest BCUT2D eigenvalue weighted by atomic mass is 10.2. The number of nitrogens with zero attached hydrogens (tertiary/aromatic N) is 3. The molecule has 2 heterocycles. The van der Waals surface area contributed by atoms with Crippen LogP contribution in [-0.2, 0) is 19.6 Å². The van der Waals surface area contributed by atoms with Crippen molar-refractivity contribution in [2.24, 2.45) is 0 Å². The monoisotopic (exact) mass is 596 g/mol. The topological polar surface area (TPSA) is 111 Å². The van der Waals surface area contributed by atoms with Crippen molar-refractivity contribution in [2.75, 3.05) is 37.4 Å². The summed E-state index contributed by atoms with van der Waals surface area (Å²) < 4.78 is 34.5. The van der Waals surface area contributed by atoms with Crippen LogP contribution in [0, 0.1) is 0 Å². The highest BCUT2D eigenvalue weighted by molar-refractivity contribution is 7.99. The number of carbonyl (C=O) groups excluding carboxylic acids is 1. The molecule has 202 valence electrons. The minimum Gasteiger partial charge on any atom is -0.379 e. The molecule has 0 spiro atoms. The molecule has 1 saturated heterocycles. The number of carbonyl (C=O) groups is 1. The number of anilines is 1. The first kappa shape index (κ1) is 27.4. The Morgan fingerprint density at radius 1 is 1.11 bits per heavy atom. The first-order valence-corrected chi connectivity index (χ1v) is 15.4. The summed E-state index contributed by atoms with van der Waals surface area (Å²) in [6, 6.07) is 9.39. The lowest BCUT2D eigenvalue weighted by Gasteiger charge is -2.26. The third-order valence-electron chi connectivity index (χ3n) is 6.66. The van der Waals surface area contributed by atoms with Gasteiger partial charge in [0.05, 0.1) is 34.9 Å². The molecule has 1 aromatic heterocycles. The highest BCUT2D eigenvalue weighted by atomic mass is 35.5. The van der Waals surface area contributed by atoms with E-state index in [0.29, 0.717) is 40.0 Å². The maximum Gasteiger partial charge on any atom is 0.262 e. The van der Waals surface area contributed by atoms with E-state index in [-0.39, 0.29) is 46.3 Å². The average molecular weight is 598 g/mol. The lowest BCUT2D eigenvalue weighted by molar-refractivity contribution is -0.113. The van der Waals surface area contributed by atoms with Crippen LogP contribution < -0.4 is 10.9 Å². The summed E-state index contributed by atoms with van der Waals surface area (Å²) in [6.45, 7) is 1.09. The number of nitrogens with one attached hydrogen (secondary N) is 1. The number of fused-ring (bicyclic) bond motifs is 1. The second-order valence-electron chi connectivity index (χ2n) is 9.17. The third kappa shape index (κ3) is 5.73. The zero-order valence-electron chi connectivity index (χ0n) is 20.4. The summed E-state index contributed by atoms with van der Waals surface area (Å²) in [7, 11) is -3.84. The molecule has 0 atom stereocenters. The number of hydrogen-bond acceptors (Lipinski definition) is 7. The first-order valence-electron chi connectivity index (χ1n) is 12.3. The number of halogens is 2. The van der Waals surface area contributed by atoms with E-state index in [1.54, 1.807) is 28.8 Å². The molecule has 0 radical (unpaired) electrons. The normalized spacial score (nSPS) is 17.2. The molecule has 1 aliphatic carbocycles. The van der Waals surface area contributed by atoms with Crippen LogP contribution in [0.4, 0.5) is 5.69 Å². The van der Waals surface area contributed by atoms with Crippen molar-refractivity contribution in [3.63, 3.8) is 0 Å². The standard InChI is InChI=1S/C25H26Cl2N4O5S2/c26-16-5-7-19-21(13-16)29-25(31(24(19)33)18-3-1-2-4-18)37-15-23(32)28-17-6-8-20(27)22(14-17)38(34,35)30-9-11-36-12-10-30/h5-8,13-14,18H,1-4,9-12,15H2,(H,28,32). The van der Waals surface area contributed by atoms with Crippen molar-refractivity contribution in [1.82, 2.24) is 13.9 Å². The molecule has 2 fully saturated rings. The minimum absolute atomic E-state index is 0.0284. The number of sulfonamides is 1. The molecule has 3 aromatic rings. The van der Waals surface area contributed by atoms with Crippen LogP contribution in [0.15, 0.2) is 51.2 Å². The maximum atomic E-state index is 13.4. The Kier molecular flexibility index (Phi) is 8.32. The van der Waals surface area contributed by atoms with Gasteiger partial charge in [0.25, 0.3) is 5.56 Å². The van der Waals surface area contributed by atoms with E-state index in [9.17, 15) is 18.0 Å². The Morgan fingerprint density at radius 3 is 2.58 bits per heavy atom. The van der Waals surface area contributed by atoms with Crippen LogP contribution in [0.25, 0.3) is 10.9 Å². The number of thioether (sulfide) groups is 1. The molecule has 0 bridgehead atoms. The number of hydrogen-bond donors (Lipinski definition) is 1. The van der Waals surface area contributed by atoms with Crippen molar-refractivity contribution in [3.8, 4) is 0 Å². The molecule has 1 N–H and O–H groups in total. The van der Waals surface area contributed by atoms with Gasteiger partial charge in [-0.1, -0.05) is 47.8 Å². The first-order chi connectivity index (χ1) is 18.2. The molecule has 1 aliphatic heterocycles. The van der Waals surface area contributed by atoms with Gasteiger partial charge in [0, 0.05) is 29.8 Å². The molecule has 0 unspecified atom stereocenters. The van der Waals surface area contributed by atoms with Gasteiger partial charge < -0.3 is 10.1 Å². The minimum atomic E-state index is -3.84. The van der Waals surface area contributed by atoms with E-state index in [0.717, 1.165) is 37.4 Å². The number of ether oxygens (including phenoxy) is 1. The second kappa shape index (κ2) is 11.5. The van der Waals surface area contributed by atoms with Crippen LogP contribution in [-0.4, -0.2) is 60.2 Å². The maximum absolute atomic E-state index is 13.4. The zero-order chi connectivity index (χ0) is 26.9. The number of amides is 1. The Labute approximate surface area is 234 Å². The fourth-order valence-corrected chi connectivity index (χ4v) is 7.71. The number of rotatable bonds is 7. The molecule has 2 aliphatic rings. The molecular formula is C25H26Cl2N4O5S2. The molecule has 5 rings (SSSR count). The van der Waals surface area contributed by atoms with Gasteiger partial charge in [-0.15, -0.1) is 0 Å². The van der Waals surface area contributed by atoms with Crippen molar-refractivity contribution in [2.45, 2.75) is 41.8 Å². The zero-order valence-corrected chi connectivity index (χ0v) is 23.5. The van der Waals surface area contributed by atoms with Gasteiger partial charge in [0.2, 0.25) is 15.9 Å². The molecule has 1 amide bonds. The Hall–Kier alpha value is -2.15. The summed E-state index contributed by atoms with van der Waals surface area (Å²) in [5.41, 5.74) is 0.644. The average Bonchev–Trinajstić information content (AvgIpc) is 3.43. The van der Waals surface area contributed by atoms with E-state index >= 15 is 0 Å². The van der Waals surface area contributed by atoms with Gasteiger partial charge in [0.1, 0.15) is 4.90 Å². The highest BCUT2D eigenvalue weighted by Crippen LogP contribution is 2.33. The number of aromatic nitrogens is 2. The van der Waals surface area contributed by atoms with Gasteiger partial charge >= 0.3 is 0 Å². The Balaban J connectivity index is 1.36. The predicted molar refractivity (Wildman–Crippen MR) is 149 cm³/mol.